The summed E-state index contributed by atoms with van der Waals surface area (Å²) in [4.78, 5) is 4.79. The van der Waals surface area contributed by atoms with E-state index < -0.39 is 0 Å². The largest absolute Gasteiger partial charge is 0.462 e. The van der Waals surface area contributed by atoms with Gasteiger partial charge < -0.3 is 9.47 Å². The Labute approximate surface area is 167 Å². The smallest absolute Gasteiger partial charge is 0.226 e. The Morgan fingerprint density at radius 3 is 1.82 bits per heavy atom. The van der Waals surface area contributed by atoms with Crippen molar-refractivity contribution >= 4 is 11.6 Å². The van der Waals surface area contributed by atoms with Crippen LogP contribution < -0.4 is 9.47 Å². The molecular formula is C25H25NO2. The number of aryl methyl sites for hydroxylation is 1. The molecule has 0 spiro atoms. The maximum atomic E-state index is 6.17. The molecule has 0 amide bonds. The number of ether oxygens (including phenoxy) is 2. The second-order valence-electron chi connectivity index (χ2n) is 6.47. The van der Waals surface area contributed by atoms with Gasteiger partial charge in [-0.3, -0.25) is 0 Å². The van der Waals surface area contributed by atoms with Gasteiger partial charge in [-0.2, -0.15) is 0 Å². The summed E-state index contributed by atoms with van der Waals surface area (Å²) in [6.07, 6.45) is 0.732. The first kappa shape index (κ1) is 19.4. The second kappa shape index (κ2) is 9.56. The van der Waals surface area contributed by atoms with Crippen LogP contribution in [0.5, 0.6) is 11.5 Å². The molecule has 0 fully saturated rings. The zero-order valence-electron chi connectivity index (χ0n) is 16.6. The molecule has 3 aromatic carbocycles. The van der Waals surface area contributed by atoms with E-state index in [1.165, 1.54) is 5.56 Å². The van der Waals surface area contributed by atoms with E-state index >= 15 is 0 Å². The van der Waals surface area contributed by atoms with Crippen LogP contribution in [0.4, 0.5) is 5.69 Å². The summed E-state index contributed by atoms with van der Waals surface area (Å²) in [6, 6.07) is 27.5. The van der Waals surface area contributed by atoms with Crippen LogP contribution in [0.15, 0.2) is 101 Å². The Balaban J connectivity index is 1.99. The summed E-state index contributed by atoms with van der Waals surface area (Å²) in [5.74, 6) is 2.86. The van der Waals surface area contributed by atoms with Gasteiger partial charge in [0, 0.05) is 0 Å². The van der Waals surface area contributed by atoms with Crippen LogP contribution in [0, 0.1) is 6.92 Å². The molecule has 3 nitrogen and oxygen atoms in total. The molecule has 0 saturated heterocycles. The molecule has 28 heavy (non-hydrogen) atoms. The zero-order chi connectivity index (χ0) is 19.8. The summed E-state index contributed by atoms with van der Waals surface area (Å²) in [6.45, 7) is 6.08. The number of benzene rings is 3. The van der Waals surface area contributed by atoms with Crippen molar-refractivity contribution in [1.82, 2.24) is 0 Å². The average molecular weight is 371 g/mol. The van der Waals surface area contributed by atoms with Crippen LogP contribution in [-0.4, -0.2) is 5.90 Å². The van der Waals surface area contributed by atoms with Gasteiger partial charge in [-0.05, 0) is 56.7 Å². The van der Waals surface area contributed by atoms with Crippen molar-refractivity contribution in [3.05, 3.63) is 102 Å². The highest BCUT2D eigenvalue weighted by molar-refractivity contribution is 5.97. The number of allylic oxidation sites excluding steroid dienone is 1. The fourth-order valence-electron chi connectivity index (χ4n) is 2.77. The van der Waals surface area contributed by atoms with Crippen LogP contribution in [0.2, 0.25) is 0 Å². The fraction of sp³-hybridized carbons (Fsp3) is 0.160. The van der Waals surface area contributed by atoms with E-state index in [4.69, 9.17) is 14.5 Å². The number of para-hydroxylation sites is 2. The molecule has 0 aliphatic carbocycles. The second-order valence-corrected chi connectivity index (χ2v) is 6.47. The molecule has 0 radical (unpaired) electrons. The molecule has 0 saturated carbocycles. The fourth-order valence-corrected chi connectivity index (χ4v) is 2.77. The lowest BCUT2D eigenvalue weighted by Crippen LogP contribution is -2.15. The van der Waals surface area contributed by atoms with Crippen molar-refractivity contribution in [2.75, 3.05) is 0 Å². The van der Waals surface area contributed by atoms with Gasteiger partial charge in [0.25, 0.3) is 0 Å². The van der Waals surface area contributed by atoms with E-state index in [1.807, 2.05) is 91.9 Å². The van der Waals surface area contributed by atoms with Gasteiger partial charge in [0.2, 0.25) is 5.90 Å². The molecule has 142 valence electrons. The normalized spacial score (nSPS) is 12.3. The average Bonchev–Trinajstić information content (AvgIpc) is 2.72. The summed E-state index contributed by atoms with van der Waals surface area (Å²) >= 11 is 0. The highest BCUT2D eigenvalue weighted by Gasteiger charge is 2.14. The van der Waals surface area contributed by atoms with E-state index in [-0.39, 0.29) is 0 Å². The van der Waals surface area contributed by atoms with Crippen LogP contribution in [-0.2, 0) is 0 Å². The number of hydrogen-bond donors (Lipinski definition) is 0. The maximum absolute atomic E-state index is 6.17. The van der Waals surface area contributed by atoms with E-state index in [0.717, 1.165) is 34.9 Å². The standard InChI is InChI=1S/C25H25NO2/c1-4-24(20(3)27-22-11-7-5-8-12-22)25(28-23-13-9-6-10-14-23)26-21-17-15-19(2)16-18-21/h5-18H,4H2,1-3H3. The first-order valence-electron chi connectivity index (χ1n) is 9.47. The summed E-state index contributed by atoms with van der Waals surface area (Å²) in [7, 11) is 0. The van der Waals surface area contributed by atoms with Crippen molar-refractivity contribution in [2.45, 2.75) is 27.2 Å². The molecule has 0 atom stereocenters. The van der Waals surface area contributed by atoms with Crippen molar-refractivity contribution in [2.24, 2.45) is 4.99 Å². The Bertz CT molecular complexity index is 943. The molecule has 3 rings (SSSR count). The molecule has 0 heterocycles. The zero-order valence-corrected chi connectivity index (χ0v) is 16.6. The van der Waals surface area contributed by atoms with Crippen molar-refractivity contribution < 1.29 is 9.47 Å². The van der Waals surface area contributed by atoms with Gasteiger partial charge in [-0.1, -0.05) is 61.0 Å². The van der Waals surface area contributed by atoms with Crippen molar-refractivity contribution in [1.29, 1.82) is 0 Å². The van der Waals surface area contributed by atoms with E-state index in [9.17, 15) is 0 Å². The van der Waals surface area contributed by atoms with Gasteiger partial charge in [0.15, 0.2) is 0 Å². The van der Waals surface area contributed by atoms with Crippen LogP contribution in [0.25, 0.3) is 0 Å². The van der Waals surface area contributed by atoms with E-state index in [1.54, 1.807) is 0 Å². The highest BCUT2D eigenvalue weighted by Crippen LogP contribution is 2.23. The molecule has 0 aromatic heterocycles. The monoisotopic (exact) mass is 371 g/mol. The van der Waals surface area contributed by atoms with E-state index in [2.05, 4.69) is 13.8 Å². The minimum Gasteiger partial charge on any atom is -0.462 e. The summed E-state index contributed by atoms with van der Waals surface area (Å²) in [5.41, 5.74) is 2.96. The third-order valence-electron chi connectivity index (χ3n) is 4.27. The van der Waals surface area contributed by atoms with Gasteiger partial charge in [-0.15, -0.1) is 0 Å². The van der Waals surface area contributed by atoms with Crippen LogP contribution >= 0.6 is 0 Å². The Hall–Kier alpha value is -3.33. The number of nitrogens with zero attached hydrogens (tertiary/aromatic N) is 1. The molecule has 0 aliphatic rings. The molecule has 0 unspecified atom stereocenters. The molecular weight excluding hydrogens is 346 g/mol. The lowest BCUT2D eigenvalue weighted by Gasteiger charge is -2.15. The van der Waals surface area contributed by atoms with Crippen LogP contribution in [0.3, 0.4) is 0 Å². The molecule has 3 aromatic rings. The predicted molar refractivity (Wildman–Crippen MR) is 115 cm³/mol. The molecule has 0 N–H and O–H groups in total. The molecule has 0 bridgehead atoms. The van der Waals surface area contributed by atoms with Crippen molar-refractivity contribution in [3.8, 4) is 11.5 Å². The lowest BCUT2D eigenvalue weighted by atomic mass is 10.1. The maximum Gasteiger partial charge on any atom is 0.226 e. The van der Waals surface area contributed by atoms with Gasteiger partial charge >= 0.3 is 0 Å². The number of rotatable bonds is 6. The lowest BCUT2D eigenvalue weighted by molar-refractivity contribution is 0.418. The summed E-state index contributed by atoms with van der Waals surface area (Å²) < 4.78 is 12.2. The SMILES string of the molecule is CCC(C(=Nc1ccc(C)cc1)Oc1ccccc1)=C(C)Oc1ccccc1. The topological polar surface area (TPSA) is 30.8 Å². The van der Waals surface area contributed by atoms with Gasteiger partial charge in [-0.25, -0.2) is 4.99 Å². The third-order valence-corrected chi connectivity index (χ3v) is 4.27. The number of hydrogen-bond acceptors (Lipinski definition) is 3. The van der Waals surface area contributed by atoms with Gasteiger partial charge in [0.1, 0.15) is 17.3 Å². The van der Waals surface area contributed by atoms with Crippen molar-refractivity contribution in [3.63, 3.8) is 0 Å². The predicted octanol–water partition coefficient (Wildman–Crippen LogP) is 6.87. The number of aliphatic imine (C=N–C) groups is 1. The Morgan fingerprint density at radius 2 is 1.29 bits per heavy atom. The quantitative estimate of drug-likeness (QED) is 0.269. The molecule has 0 aliphatic heterocycles. The molecule has 3 heteroatoms. The van der Waals surface area contributed by atoms with Gasteiger partial charge in [0.05, 0.1) is 11.3 Å². The minimum atomic E-state index is 0.547. The highest BCUT2D eigenvalue weighted by atomic mass is 16.5. The van der Waals surface area contributed by atoms with Crippen LogP contribution in [0.1, 0.15) is 25.8 Å². The summed E-state index contributed by atoms with van der Waals surface area (Å²) in [5, 5.41) is 0. The Kier molecular flexibility index (Phi) is 6.64. The Morgan fingerprint density at radius 1 is 0.750 bits per heavy atom. The van der Waals surface area contributed by atoms with E-state index in [0.29, 0.717) is 5.90 Å². The minimum absolute atomic E-state index is 0.547. The first-order valence-corrected chi connectivity index (χ1v) is 9.47. The third kappa shape index (κ3) is 5.34. The first-order chi connectivity index (χ1) is 13.7.